The Kier molecular flexibility index (Phi) is 6.58. The Morgan fingerprint density at radius 3 is 2.80 bits per heavy atom. The molecule has 1 heterocycles. The highest BCUT2D eigenvalue weighted by Crippen LogP contribution is 2.42. The fourth-order valence-electron chi connectivity index (χ4n) is 3.33. The molecule has 1 amide bonds. The third kappa shape index (κ3) is 4.87. The van der Waals surface area contributed by atoms with Crippen LogP contribution >= 0.6 is 23.4 Å². The average molecular weight is 458 g/mol. The maximum absolute atomic E-state index is 13.8. The highest BCUT2D eigenvalue weighted by Gasteiger charge is 2.40. The largest absolute Gasteiger partial charge is 0.418 e. The minimum Gasteiger partial charge on any atom is -0.325 e. The SMILES string of the molecule is C[C@@H]1CCc2nc(SCC(=O)Nc3ccc(F)c(Cl)c3)c(C#N)c(C(F)(F)F)c2C1. The van der Waals surface area contributed by atoms with E-state index < -0.39 is 29.0 Å². The van der Waals surface area contributed by atoms with E-state index in [1.165, 1.54) is 12.1 Å². The molecule has 30 heavy (non-hydrogen) atoms. The average Bonchev–Trinajstić information content (AvgIpc) is 2.67. The van der Waals surface area contributed by atoms with Gasteiger partial charge in [0.05, 0.1) is 21.9 Å². The van der Waals surface area contributed by atoms with Crippen molar-refractivity contribution in [3.05, 3.63) is 51.4 Å². The van der Waals surface area contributed by atoms with E-state index in [4.69, 9.17) is 11.6 Å². The lowest BCUT2D eigenvalue weighted by Gasteiger charge is -2.26. The number of amides is 1. The van der Waals surface area contributed by atoms with Gasteiger partial charge < -0.3 is 5.32 Å². The smallest absolute Gasteiger partial charge is 0.325 e. The lowest BCUT2D eigenvalue weighted by atomic mass is 9.84. The molecule has 0 radical (unpaired) electrons. The molecule has 1 aromatic carbocycles. The number of hydrogen-bond acceptors (Lipinski definition) is 4. The summed E-state index contributed by atoms with van der Waals surface area (Å²) in [5, 5.41) is 11.6. The summed E-state index contributed by atoms with van der Waals surface area (Å²) in [6.45, 7) is 1.86. The van der Waals surface area contributed by atoms with E-state index in [9.17, 15) is 27.6 Å². The summed E-state index contributed by atoms with van der Waals surface area (Å²) in [5.74, 6) is -1.40. The van der Waals surface area contributed by atoms with Gasteiger partial charge in [-0.1, -0.05) is 30.3 Å². The van der Waals surface area contributed by atoms with Crippen LogP contribution in [0.15, 0.2) is 23.2 Å². The zero-order valence-corrected chi connectivity index (χ0v) is 17.3. The number of aryl methyl sites for hydroxylation is 1. The lowest BCUT2D eigenvalue weighted by Crippen LogP contribution is -2.22. The van der Waals surface area contributed by atoms with Gasteiger partial charge in [-0.25, -0.2) is 9.37 Å². The zero-order chi connectivity index (χ0) is 22.1. The minimum atomic E-state index is -4.70. The van der Waals surface area contributed by atoms with E-state index in [1.807, 2.05) is 6.92 Å². The van der Waals surface area contributed by atoms with Gasteiger partial charge in [0.2, 0.25) is 5.91 Å². The van der Waals surface area contributed by atoms with E-state index in [2.05, 4.69) is 10.3 Å². The number of carbonyl (C=O) groups excluding carboxylic acids is 1. The molecule has 10 heteroatoms. The number of aromatic nitrogens is 1. The van der Waals surface area contributed by atoms with Crippen molar-refractivity contribution in [3.63, 3.8) is 0 Å². The van der Waals surface area contributed by atoms with Crippen molar-refractivity contribution >= 4 is 35.0 Å². The fourth-order valence-corrected chi connectivity index (χ4v) is 4.32. The first-order valence-corrected chi connectivity index (χ1v) is 10.4. The van der Waals surface area contributed by atoms with Crippen LogP contribution in [0.2, 0.25) is 5.02 Å². The van der Waals surface area contributed by atoms with Gasteiger partial charge in [-0.3, -0.25) is 4.79 Å². The van der Waals surface area contributed by atoms with Gasteiger partial charge in [0, 0.05) is 11.4 Å². The Bertz CT molecular complexity index is 1040. The molecule has 1 N–H and O–H groups in total. The van der Waals surface area contributed by atoms with E-state index in [-0.39, 0.29) is 39.4 Å². The Morgan fingerprint density at radius 2 is 2.17 bits per heavy atom. The number of halogens is 5. The second-order valence-corrected chi connectivity index (χ2v) is 8.39. The summed E-state index contributed by atoms with van der Waals surface area (Å²) in [6, 6.07) is 5.25. The normalized spacial score (nSPS) is 16.0. The number of alkyl halides is 3. The molecule has 0 unspecified atom stereocenters. The maximum atomic E-state index is 13.8. The van der Waals surface area contributed by atoms with Crippen molar-refractivity contribution in [2.24, 2.45) is 5.92 Å². The second-order valence-electron chi connectivity index (χ2n) is 7.02. The maximum Gasteiger partial charge on any atom is 0.418 e. The minimum absolute atomic E-state index is 0.0683. The van der Waals surface area contributed by atoms with E-state index in [1.54, 1.807) is 6.07 Å². The number of pyridine rings is 1. The number of anilines is 1. The van der Waals surface area contributed by atoms with Gasteiger partial charge >= 0.3 is 6.18 Å². The van der Waals surface area contributed by atoms with Crippen LogP contribution in [0.1, 0.15) is 35.7 Å². The van der Waals surface area contributed by atoms with Crippen LogP contribution in [0.5, 0.6) is 0 Å². The first kappa shape index (κ1) is 22.4. The van der Waals surface area contributed by atoms with E-state index in [0.29, 0.717) is 18.5 Å². The van der Waals surface area contributed by atoms with Crippen LogP contribution in [0.4, 0.5) is 23.2 Å². The molecule has 3 rings (SSSR count). The van der Waals surface area contributed by atoms with Gasteiger partial charge in [0.15, 0.2) is 0 Å². The number of rotatable bonds is 4. The van der Waals surface area contributed by atoms with Crippen LogP contribution in [0.25, 0.3) is 0 Å². The summed E-state index contributed by atoms with van der Waals surface area (Å²) in [6.07, 6.45) is -3.39. The number of nitrogens with zero attached hydrogens (tertiary/aromatic N) is 2. The predicted molar refractivity (Wildman–Crippen MR) is 106 cm³/mol. The topological polar surface area (TPSA) is 65.8 Å². The van der Waals surface area contributed by atoms with Gasteiger partial charge in [0.1, 0.15) is 16.9 Å². The first-order valence-electron chi connectivity index (χ1n) is 9.01. The van der Waals surface area contributed by atoms with Gasteiger partial charge in [-0.05, 0) is 48.9 Å². The third-order valence-corrected chi connectivity index (χ3v) is 5.98. The molecule has 1 atom stereocenters. The zero-order valence-electron chi connectivity index (χ0n) is 15.7. The molecule has 1 aliphatic rings. The van der Waals surface area contributed by atoms with Crippen LogP contribution in [-0.2, 0) is 23.8 Å². The Labute approximate surface area is 179 Å². The molecule has 158 valence electrons. The van der Waals surface area contributed by atoms with Crippen molar-refractivity contribution in [2.45, 2.75) is 37.4 Å². The molecule has 0 spiro atoms. The summed E-state index contributed by atoms with van der Waals surface area (Å²) in [5.41, 5.74) is -0.858. The van der Waals surface area contributed by atoms with Crippen molar-refractivity contribution in [1.82, 2.24) is 4.98 Å². The van der Waals surface area contributed by atoms with Gasteiger partial charge in [-0.15, -0.1) is 0 Å². The van der Waals surface area contributed by atoms with E-state index in [0.717, 1.165) is 17.8 Å². The monoisotopic (exact) mass is 457 g/mol. The molecule has 0 fully saturated rings. The second kappa shape index (κ2) is 8.82. The number of nitriles is 1. The fraction of sp³-hybridized carbons (Fsp3) is 0.350. The lowest BCUT2D eigenvalue weighted by molar-refractivity contribution is -0.138. The molecular weight excluding hydrogens is 442 g/mol. The summed E-state index contributed by atoms with van der Waals surface area (Å²) in [4.78, 5) is 16.5. The van der Waals surface area contributed by atoms with Crippen LogP contribution in [-0.4, -0.2) is 16.6 Å². The molecule has 0 saturated carbocycles. The van der Waals surface area contributed by atoms with E-state index >= 15 is 0 Å². The van der Waals surface area contributed by atoms with Crippen molar-refractivity contribution in [1.29, 1.82) is 5.26 Å². The van der Waals surface area contributed by atoms with Crippen molar-refractivity contribution < 1.29 is 22.4 Å². The highest BCUT2D eigenvalue weighted by molar-refractivity contribution is 8.00. The number of thioether (sulfide) groups is 1. The standard InChI is InChI=1S/C20H16ClF4N3OS/c1-10-2-5-16-12(6-10)18(20(23,24)25)13(8-26)19(28-16)30-9-17(29)27-11-3-4-15(22)14(21)7-11/h3-4,7,10H,2,5-6,9H2,1H3,(H,27,29)/t10-/m1/s1. The van der Waals surface area contributed by atoms with Crippen molar-refractivity contribution in [3.8, 4) is 6.07 Å². The number of fused-ring (bicyclic) bond motifs is 1. The summed E-state index contributed by atoms with van der Waals surface area (Å²) in [7, 11) is 0. The molecule has 0 saturated heterocycles. The van der Waals surface area contributed by atoms with Crippen LogP contribution < -0.4 is 5.32 Å². The quantitative estimate of drug-likeness (QED) is 0.478. The molecule has 1 aromatic heterocycles. The van der Waals surface area contributed by atoms with Crippen LogP contribution in [0.3, 0.4) is 0 Å². The Hall–Kier alpha value is -2.31. The number of hydrogen-bond donors (Lipinski definition) is 1. The Morgan fingerprint density at radius 1 is 1.43 bits per heavy atom. The van der Waals surface area contributed by atoms with Crippen LogP contribution in [0, 0.1) is 23.1 Å². The molecule has 0 bridgehead atoms. The highest BCUT2D eigenvalue weighted by atomic mass is 35.5. The van der Waals surface area contributed by atoms with Gasteiger partial charge in [0.25, 0.3) is 0 Å². The number of nitrogens with one attached hydrogen (secondary N) is 1. The molecular formula is C20H16ClF4N3OS. The van der Waals surface area contributed by atoms with Crippen molar-refractivity contribution in [2.75, 3.05) is 11.1 Å². The predicted octanol–water partition coefficient (Wildman–Crippen LogP) is 5.62. The third-order valence-electron chi connectivity index (χ3n) is 4.72. The first-order chi connectivity index (χ1) is 14.1. The molecule has 4 nitrogen and oxygen atoms in total. The van der Waals surface area contributed by atoms with Gasteiger partial charge in [-0.2, -0.15) is 18.4 Å². The molecule has 1 aliphatic carbocycles. The summed E-state index contributed by atoms with van der Waals surface area (Å²) < 4.78 is 54.5. The summed E-state index contributed by atoms with van der Waals surface area (Å²) >= 11 is 6.42. The molecule has 2 aromatic rings. The molecule has 0 aliphatic heterocycles. The number of carbonyl (C=O) groups is 1. The Balaban J connectivity index is 1.86. The number of benzene rings is 1.